The zero-order valence-corrected chi connectivity index (χ0v) is 17.8. The molecule has 3 amide bonds. The molecule has 3 N–H and O–H groups in total. The molecule has 0 atom stereocenters. The molecule has 0 saturated heterocycles. The third kappa shape index (κ3) is 7.21. The normalized spacial score (nSPS) is 10.3. The van der Waals surface area contributed by atoms with Gasteiger partial charge >= 0.3 is 11.8 Å². The van der Waals surface area contributed by atoms with Crippen molar-refractivity contribution in [3.05, 3.63) is 84.4 Å². The molecule has 0 radical (unpaired) electrons. The summed E-state index contributed by atoms with van der Waals surface area (Å²) in [4.78, 5) is 36.1. The second kappa shape index (κ2) is 11.7. The number of amides is 3. The summed E-state index contributed by atoms with van der Waals surface area (Å²) in [5.74, 6) is -1.23. The van der Waals surface area contributed by atoms with Crippen molar-refractivity contribution in [3.63, 3.8) is 0 Å². The van der Waals surface area contributed by atoms with E-state index in [0.717, 1.165) is 0 Å². The van der Waals surface area contributed by atoms with Crippen LogP contribution in [0.1, 0.15) is 5.56 Å². The number of hydrazone groups is 1. The number of nitrogens with zero attached hydrogens (tertiary/aromatic N) is 1. The number of hydrogen-bond donors (Lipinski definition) is 3. The Bertz CT molecular complexity index is 1150. The van der Waals surface area contributed by atoms with Gasteiger partial charge in [0.1, 0.15) is 11.5 Å². The van der Waals surface area contributed by atoms with Gasteiger partial charge in [0.2, 0.25) is 0 Å². The second-order valence-corrected chi connectivity index (χ2v) is 6.63. The van der Waals surface area contributed by atoms with Crippen LogP contribution < -0.4 is 25.5 Å². The van der Waals surface area contributed by atoms with Gasteiger partial charge in [0.15, 0.2) is 6.61 Å². The van der Waals surface area contributed by atoms with Crippen molar-refractivity contribution in [3.8, 4) is 11.5 Å². The first kappa shape index (κ1) is 23.0. The fourth-order valence-corrected chi connectivity index (χ4v) is 2.68. The van der Waals surface area contributed by atoms with Crippen molar-refractivity contribution in [2.24, 2.45) is 5.10 Å². The maximum absolute atomic E-state index is 12.1. The highest BCUT2D eigenvalue weighted by atomic mass is 16.5. The van der Waals surface area contributed by atoms with Crippen molar-refractivity contribution in [1.82, 2.24) is 5.43 Å². The van der Waals surface area contributed by atoms with E-state index in [4.69, 9.17) is 9.47 Å². The molecule has 33 heavy (non-hydrogen) atoms. The van der Waals surface area contributed by atoms with Gasteiger partial charge in [-0.25, -0.2) is 5.43 Å². The lowest BCUT2D eigenvalue weighted by molar-refractivity contribution is -0.136. The standard InChI is InChI=1S/C24H22N4O5/c1-32-20-12-7-11-19(14-20)27-23(30)24(31)28-25-15-17-8-5-6-13-21(17)33-16-22(29)26-18-9-3-2-4-10-18/h2-15H,16H2,1H3,(H,26,29)(H,27,30)(H,28,31)/b25-15-. The molecule has 168 valence electrons. The quantitative estimate of drug-likeness (QED) is 0.279. The summed E-state index contributed by atoms with van der Waals surface area (Å²) >= 11 is 0. The number of nitrogens with one attached hydrogen (secondary N) is 3. The Morgan fingerprint density at radius 1 is 0.848 bits per heavy atom. The van der Waals surface area contributed by atoms with Crippen LogP contribution in [0, 0.1) is 0 Å². The lowest BCUT2D eigenvalue weighted by Crippen LogP contribution is -2.32. The average Bonchev–Trinajstić information content (AvgIpc) is 2.84. The van der Waals surface area contributed by atoms with E-state index in [1.54, 1.807) is 60.7 Å². The van der Waals surface area contributed by atoms with E-state index >= 15 is 0 Å². The number of para-hydroxylation sites is 2. The van der Waals surface area contributed by atoms with Crippen molar-refractivity contribution in [2.45, 2.75) is 0 Å². The minimum atomic E-state index is -0.949. The van der Waals surface area contributed by atoms with Crippen LogP contribution in [0.25, 0.3) is 0 Å². The first-order valence-corrected chi connectivity index (χ1v) is 9.90. The highest BCUT2D eigenvalue weighted by Crippen LogP contribution is 2.17. The van der Waals surface area contributed by atoms with Crippen LogP contribution in [0.4, 0.5) is 11.4 Å². The highest BCUT2D eigenvalue weighted by molar-refractivity contribution is 6.39. The Balaban J connectivity index is 1.52. The third-order valence-corrected chi connectivity index (χ3v) is 4.24. The number of methoxy groups -OCH3 is 1. The number of carbonyl (C=O) groups is 3. The molecular weight excluding hydrogens is 424 g/mol. The van der Waals surface area contributed by atoms with E-state index in [0.29, 0.717) is 28.4 Å². The number of ether oxygens (including phenoxy) is 2. The van der Waals surface area contributed by atoms with E-state index in [2.05, 4.69) is 21.2 Å². The highest BCUT2D eigenvalue weighted by Gasteiger charge is 2.13. The Morgan fingerprint density at radius 3 is 2.36 bits per heavy atom. The number of anilines is 2. The minimum Gasteiger partial charge on any atom is -0.497 e. The predicted molar refractivity (Wildman–Crippen MR) is 124 cm³/mol. The molecular formula is C24H22N4O5. The molecule has 0 heterocycles. The van der Waals surface area contributed by atoms with Crippen molar-refractivity contribution < 1.29 is 23.9 Å². The summed E-state index contributed by atoms with van der Waals surface area (Å²) in [6.07, 6.45) is 1.32. The summed E-state index contributed by atoms with van der Waals surface area (Å²) < 4.78 is 10.6. The van der Waals surface area contributed by atoms with E-state index in [1.165, 1.54) is 13.3 Å². The SMILES string of the molecule is COc1cccc(NC(=O)C(=O)N/N=C\c2ccccc2OCC(=O)Nc2ccccc2)c1. The van der Waals surface area contributed by atoms with E-state index in [9.17, 15) is 14.4 Å². The minimum absolute atomic E-state index is 0.213. The summed E-state index contributed by atoms with van der Waals surface area (Å²) in [5.41, 5.74) is 3.74. The fraction of sp³-hybridized carbons (Fsp3) is 0.0833. The molecule has 0 fully saturated rings. The number of benzene rings is 3. The van der Waals surface area contributed by atoms with Crippen LogP contribution >= 0.6 is 0 Å². The number of carbonyl (C=O) groups excluding carboxylic acids is 3. The van der Waals surface area contributed by atoms with Gasteiger partial charge < -0.3 is 20.1 Å². The Morgan fingerprint density at radius 2 is 1.58 bits per heavy atom. The molecule has 9 nitrogen and oxygen atoms in total. The molecule has 3 aromatic carbocycles. The second-order valence-electron chi connectivity index (χ2n) is 6.63. The van der Waals surface area contributed by atoms with Gasteiger partial charge in [-0.05, 0) is 36.4 Å². The maximum atomic E-state index is 12.1. The zero-order valence-electron chi connectivity index (χ0n) is 17.8. The summed E-state index contributed by atoms with van der Waals surface area (Å²) in [6, 6.07) is 22.4. The fourth-order valence-electron chi connectivity index (χ4n) is 2.68. The molecule has 3 aromatic rings. The zero-order chi connectivity index (χ0) is 23.5. The number of hydrogen-bond acceptors (Lipinski definition) is 6. The van der Waals surface area contributed by atoms with Crippen LogP contribution in [-0.4, -0.2) is 37.7 Å². The molecule has 0 bridgehead atoms. The Labute approximate surface area is 190 Å². The number of rotatable bonds is 8. The van der Waals surface area contributed by atoms with Crippen LogP contribution in [0.3, 0.4) is 0 Å². The van der Waals surface area contributed by atoms with Gasteiger partial charge in [0.05, 0.1) is 13.3 Å². The van der Waals surface area contributed by atoms with Gasteiger partial charge in [0.25, 0.3) is 5.91 Å². The molecule has 0 aliphatic rings. The smallest absolute Gasteiger partial charge is 0.329 e. The van der Waals surface area contributed by atoms with E-state index in [1.807, 2.05) is 18.2 Å². The monoisotopic (exact) mass is 446 g/mol. The first-order chi connectivity index (χ1) is 16.0. The predicted octanol–water partition coefficient (Wildman–Crippen LogP) is 2.80. The van der Waals surface area contributed by atoms with Crippen LogP contribution in [0.5, 0.6) is 11.5 Å². The lowest BCUT2D eigenvalue weighted by atomic mass is 10.2. The van der Waals surface area contributed by atoms with Crippen molar-refractivity contribution in [2.75, 3.05) is 24.4 Å². The first-order valence-electron chi connectivity index (χ1n) is 9.90. The molecule has 9 heteroatoms. The largest absolute Gasteiger partial charge is 0.497 e. The van der Waals surface area contributed by atoms with E-state index in [-0.39, 0.29) is 12.5 Å². The molecule has 0 aliphatic heterocycles. The maximum Gasteiger partial charge on any atom is 0.329 e. The Kier molecular flexibility index (Phi) is 8.13. The van der Waals surface area contributed by atoms with Gasteiger partial charge in [-0.1, -0.05) is 36.4 Å². The third-order valence-electron chi connectivity index (χ3n) is 4.24. The van der Waals surface area contributed by atoms with Crippen molar-refractivity contribution >= 4 is 35.3 Å². The van der Waals surface area contributed by atoms with Crippen LogP contribution in [-0.2, 0) is 14.4 Å². The van der Waals surface area contributed by atoms with Crippen LogP contribution in [0.15, 0.2) is 84.0 Å². The average molecular weight is 446 g/mol. The van der Waals surface area contributed by atoms with Gasteiger partial charge in [-0.15, -0.1) is 0 Å². The van der Waals surface area contributed by atoms with Gasteiger partial charge in [-0.3, -0.25) is 14.4 Å². The Hall–Kier alpha value is -4.66. The van der Waals surface area contributed by atoms with Gasteiger partial charge in [0, 0.05) is 23.0 Å². The molecule has 0 spiro atoms. The molecule has 3 rings (SSSR count). The van der Waals surface area contributed by atoms with Gasteiger partial charge in [-0.2, -0.15) is 5.10 Å². The van der Waals surface area contributed by atoms with Crippen molar-refractivity contribution in [1.29, 1.82) is 0 Å². The molecule has 0 aromatic heterocycles. The van der Waals surface area contributed by atoms with E-state index < -0.39 is 11.8 Å². The topological polar surface area (TPSA) is 118 Å². The molecule has 0 saturated carbocycles. The van der Waals surface area contributed by atoms with Crippen LogP contribution in [0.2, 0.25) is 0 Å². The summed E-state index contributed by atoms with van der Waals surface area (Å²) in [6.45, 7) is -0.213. The molecule has 0 aliphatic carbocycles. The summed E-state index contributed by atoms with van der Waals surface area (Å²) in [7, 11) is 1.50. The lowest BCUT2D eigenvalue weighted by Gasteiger charge is -2.09. The molecule has 0 unspecified atom stereocenters. The summed E-state index contributed by atoms with van der Waals surface area (Å²) in [5, 5.41) is 8.98.